The third kappa shape index (κ3) is 3.97. The third-order valence-electron chi connectivity index (χ3n) is 4.32. The fourth-order valence-electron chi connectivity index (χ4n) is 3.09. The van der Waals surface area contributed by atoms with E-state index in [1.165, 1.54) is 0 Å². The minimum absolute atomic E-state index is 0.586. The summed E-state index contributed by atoms with van der Waals surface area (Å²) in [5.74, 6) is 1.50. The SMILES string of the molecule is COc1ccccc1N1CCN(Cc2cccc(OCF)c2)CC1. The van der Waals surface area contributed by atoms with Crippen LogP contribution in [-0.4, -0.2) is 45.0 Å². The molecule has 0 bridgehead atoms. The summed E-state index contributed by atoms with van der Waals surface area (Å²) in [5, 5.41) is 0. The number of piperazine rings is 1. The van der Waals surface area contributed by atoms with Crippen molar-refractivity contribution in [2.45, 2.75) is 6.54 Å². The van der Waals surface area contributed by atoms with Crippen LogP contribution in [0.3, 0.4) is 0 Å². The molecule has 128 valence electrons. The topological polar surface area (TPSA) is 24.9 Å². The van der Waals surface area contributed by atoms with Crippen LogP contribution in [0.5, 0.6) is 11.5 Å². The molecule has 1 saturated heterocycles. The van der Waals surface area contributed by atoms with Crippen molar-refractivity contribution in [2.75, 3.05) is 45.0 Å². The molecule has 5 heteroatoms. The van der Waals surface area contributed by atoms with Crippen LogP contribution in [0, 0.1) is 0 Å². The molecule has 0 aromatic heterocycles. The van der Waals surface area contributed by atoms with Crippen molar-refractivity contribution in [2.24, 2.45) is 0 Å². The predicted molar refractivity (Wildman–Crippen MR) is 93.5 cm³/mol. The standard InChI is InChI=1S/C19H23FN2O2/c1-23-19-8-3-2-7-18(19)22-11-9-21(10-12-22)14-16-5-4-6-17(13-16)24-15-20/h2-8,13H,9-12,14-15H2,1H3. The number of ether oxygens (including phenoxy) is 2. The van der Waals surface area contributed by atoms with E-state index in [1.54, 1.807) is 13.2 Å². The predicted octanol–water partition coefficient (Wildman–Crippen LogP) is 3.32. The summed E-state index contributed by atoms with van der Waals surface area (Å²) < 4.78 is 22.7. The molecule has 0 spiro atoms. The van der Waals surface area contributed by atoms with Gasteiger partial charge in [0.15, 0.2) is 0 Å². The molecule has 0 unspecified atom stereocenters. The smallest absolute Gasteiger partial charge is 0.228 e. The van der Waals surface area contributed by atoms with Gasteiger partial charge in [-0.05, 0) is 29.8 Å². The number of benzene rings is 2. The number of rotatable bonds is 6. The van der Waals surface area contributed by atoms with Crippen LogP contribution in [0.4, 0.5) is 10.1 Å². The van der Waals surface area contributed by atoms with Crippen molar-refractivity contribution >= 4 is 5.69 Å². The molecule has 0 radical (unpaired) electrons. The molecule has 3 rings (SSSR count). The molecular formula is C19H23FN2O2. The number of halogens is 1. The first-order valence-corrected chi connectivity index (χ1v) is 8.18. The lowest BCUT2D eigenvalue weighted by Crippen LogP contribution is -2.46. The van der Waals surface area contributed by atoms with Crippen LogP contribution in [0.15, 0.2) is 48.5 Å². The molecule has 24 heavy (non-hydrogen) atoms. The fraction of sp³-hybridized carbons (Fsp3) is 0.368. The van der Waals surface area contributed by atoms with E-state index in [0.717, 1.165) is 49.7 Å². The van der Waals surface area contributed by atoms with Crippen LogP contribution in [0.25, 0.3) is 0 Å². The van der Waals surface area contributed by atoms with Gasteiger partial charge in [0.05, 0.1) is 12.8 Å². The first kappa shape index (κ1) is 16.6. The van der Waals surface area contributed by atoms with Gasteiger partial charge in [0, 0.05) is 32.7 Å². The Labute approximate surface area is 142 Å². The van der Waals surface area contributed by atoms with Gasteiger partial charge in [0.1, 0.15) is 11.5 Å². The average molecular weight is 330 g/mol. The molecule has 4 nitrogen and oxygen atoms in total. The summed E-state index contributed by atoms with van der Waals surface area (Å²) in [4.78, 5) is 4.76. The highest BCUT2D eigenvalue weighted by molar-refractivity contribution is 5.58. The first-order chi connectivity index (χ1) is 11.8. The molecule has 2 aromatic carbocycles. The molecule has 1 aliphatic rings. The van der Waals surface area contributed by atoms with Crippen LogP contribution in [0.2, 0.25) is 0 Å². The second-order valence-electron chi connectivity index (χ2n) is 5.84. The molecule has 0 N–H and O–H groups in total. The number of nitrogens with zero attached hydrogens (tertiary/aromatic N) is 2. The van der Waals surface area contributed by atoms with Crippen molar-refractivity contribution in [1.82, 2.24) is 4.90 Å². The van der Waals surface area contributed by atoms with Gasteiger partial charge < -0.3 is 14.4 Å². The molecular weight excluding hydrogens is 307 g/mol. The number of alkyl halides is 1. The van der Waals surface area contributed by atoms with Crippen LogP contribution in [0.1, 0.15) is 5.56 Å². The Kier molecular flexibility index (Phi) is 5.54. The van der Waals surface area contributed by atoms with Crippen molar-refractivity contribution in [3.05, 3.63) is 54.1 Å². The highest BCUT2D eigenvalue weighted by Gasteiger charge is 2.19. The van der Waals surface area contributed by atoms with E-state index in [0.29, 0.717) is 5.75 Å². The molecule has 0 amide bonds. The molecule has 0 saturated carbocycles. The number of hydrogen-bond donors (Lipinski definition) is 0. The van der Waals surface area contributed by atoms with E-state index in [9.17, 15) is 4.39 Å². The summed E-state index contributed by atoms with van der Waals surface area (Å²) in [6.07, 6.45) is 0. The Bertz CT molecular complexity index is 657. The molecule has 0 aliphatic carbocycles. The van der Waals surface area contributed by atoms with Crippen molar-refractivity contribution in [3.63, 3.8) is 0 Å². The third-order valence-corrected chi connectivity index (χ3v) is 4.32. The summed E-state index contributed by atoms with van der Waals surface area (Å²) >= 11 is 0. The van der Waals surface area contributed by atoms with Gasteiger partial charge in [0.25, 0.3) is 0 Å². The van der Waals surface area contributed by atoms with Crippen molar-refractivity contribution in [3.8, 4) is 11.5 Å². The number of anilines is 1. The monoisotopic (exact) mass is 330 g/mol. The molecule has 1 fully saturated rings. The van der Waals surface area contributed by atoms with Crippen molar-refractivity contribution in [1.29, 1.82) is 0 Å². The zero-order valence-corrected chi connectivity index (χ0v) is 14.0. The molecule has 1 heterocycles. The van der Waals surface area contributed by atoms with Gasteiger partial charge in [-0.25, -0.2) is 4.39 Å². The lowest BCUT2D eigenvalue weighted by atomic mass is 10.1. The average Bonchev–Trinajstić information content (AvgIpc) is 2.63. The normalized spacial score (nSPS) is 15.3. The highest BCUT2D eigenvalue weighted by Crippen LogP contribution is 2.28. The quantitative estimate of drug-likeness (QED) is 0.811. The van der Waals surface area contributed by atoms with E-state index in [1.807, 2.05) is 30.3 Å². The van der Waals surface area contributed by atoms with E-state index in [2.05, 4.69) is 21.9 Å². The van der Waals surface area contributed by atoms with E-state index in [-0.39, 0.29) is 0 Å². The minimum Gasteiger partial charge on any atom is -0.495 e. The maximum atomic E-state index is 12.3. The Balaban J connectivity index is 1.58. The van der Waals surface area contributed by atoms with Crippen molar-refractivity contribution < 1.29 is 13.9 Å². The Morgan fingerprint density at radius 2 is 1.79 bits per heavy atom. The maximum absolute atomic E-state index is 12.3. The second kappa shape index (κ2) is 8.02. The minimum atomic E-state index is -0.791. The molecule has 1 aliphatic heterocycles. The fourth-order valence-corrected chi connectivity index (χ4v) is 3.09. The number of hydrogen-bond acceptors (Lipinski definition) is 4. The molecule has 0 atom stereocenters. The van der Waals surface area contributed by atoms with Gasteiger partial charge in [-0.2, -0.15) is 0 Å². The zero-order chi connectivity index (χ0) is 16.8. The summed E-state index contributed by atoms with van der Waals surface area (Å²) in [7, 11) is 1.71. The van der Waals surface area contributed by atoms with Gasteiger partial charge in [-0.15, -0.1) is 0 Å². The summed E-state index contributed by atoms with van der Waals surface area (Å²) in [6, 6.07) is 15.8. The van der Waals surface area contributed by atoms with E-state index < -0.39 is 6.86 Å². The van der Waals surface area contributed by atoms with Crippen LogP contribution in [-0.2, 0) is 6.54 Å². The second-order valence-corrected chi connectivity index (χ2v) is 5.84. The number of para-hydroxylation sites is 2. The highest BCUT2D eigenvalue weighted by atomic mass is 19.1. The van der Waals surface area contributed by atoms with Gasteiger partial charge >= 0.3 is 0 Å². The Morgan fingerprint density at radius 1 is 1.00 bits per heavy atom. The van der Waals surface area contributed by atoms with Gasteiger partial charge in [-0.3, -0.25) is 4.90 Å². The summed E-state index contributed by atoms with van der Waals surface area (Å²) in [5.41, 5.74) is 2.30. The number of methoxy groups -OCH3 is 1. The first-order valence-electron chi connectivity index (χ1n) is 8.18. The van der Waals surface area contributed by atoms with Gasteiger partial charge in [0.2, 0.25) is 6.86 Å². The Hall–Kier alpha value is -2.27. The van der Waals surface area contributed by atoms with E-state index in [4.69, 9.17) is 9.47 Å². The zero-order valence-electron chi connectivity index (χ0n) is 14.0. The lowest BCUT2D eigenvalue weighted by molar-refractivity contribution is 0.191. The van der Waals surface area contributed by atoms with Gasteiger partial charge in [-0.1, -0.05) is 24.3 Å². The summed E-state index contributed by atoms with van der Waals surface area (Å²) in [6.45, 7) is 3.94. The van der Waals surface area contributed by atoms with Crippen LogP contribution < -0.4 is 14.4 Å². The molecule has 2 aromatic rings. The lowest BCUT2D eigenvalue weighted by Gasteiger charge is -2.36. The maximum Gasteiger partial charge on any atom is 0.228 e. The largest absolute Gasteiger partial charge is 0.495 e. The van der Waals surface area contributed by atoms with Crippen LogP contribution >= 0.6 is 0 Å². The van der Waals surface area contributed by atoms with E-state index >= 15 is 0 Å². The Morgan fingerprint density at radius 3 is 2.54 bits per heavy atom.